The molecule has 1 aliphatic carbocycles. The molecule has 110 valence electrons. The summed E-state index contributed by atoms with van der Waals surface area (Å²) in [6.45, 7) is 5.52. The van der Waals surface area contributed by atoms with E-state index in [0.29, 0.717) is 18.2 Å². The van der Waals surface area contributed by atoms with E-state index in [1.807, 2.05) is 12.1 Å². The minimum Gasteiger partial charge on any atom is -0.489 e. The molecule has 1 fully saturated rings. The Hall–Kier alpha value is -0.930. The van der Waals surface area contributed by atoms with Gasteiger partial charge < -0.3 is 15.2 Å². The molecular weight excluding hydrogens is 274 g/mol. The predicted octanol–water partition coefficient (Wildman–Crippen LogP) is 3.87. The number of halogens is 1. The van der Waals surface area contributed by atoms with Crippen LogP contribution in [0, 0.1) is 5.41 Å². The molecule has 3 nitrogen and oxygen atoms in total. The lowest BCUT2D eigenvalue weighted by Crippen LogP contribution is -2.33. The van der Waals surface area contributed by atoms with Gasteiger partial charge >= 0.3 is 0 Å². The number of ether oxygens (including phenoxy) is 2. The van der Waals surface area contributed by atoms with Gasteiger partial charge in [-0.2, -0.15) is 0 Å². The summed E-state index contributed by atoms with van der Waals surface area (Å²) in [5.41, 5.74) is 7.22. The summed E-state index contributed by atoms with van der Waals surface area (Å²) in [7, 11) is 0. The van der Waals surface area contributed by atoms with Crippen LogP contribution in [0.25, 0.3) is 0 Å². The van der Waals surface area contributed by atoms with E-state index in [1.165, 1.54) is 0 Å². The van der Waals surface area contributed by atoms with E-state index in [1.54, 1.807) is 0 Å². The van der Waals surface area contributed by atoms with E-state index in [4.69, 9.17) is 26.8 Å². The van der Waals surface area contributed by atoms with Gasteiger partial charge in [-0.1, -0.05) is 38.3 Å². The van der Waals surface area contributed by atoms with Crippen LogP contribution in [0.4, 0.5) is 0 Å². The Morgan fingerprint density at radius 3 is 2.20 bits per heavy atom. The van der Waals surface area contributed by atoms with Gasteiger partial charge in [-0.3, -0.25) is 0 Å². The number of fused-ring (bicyclic) bond motifs is 1. The highest BCUT2D eigenvalue weighted by atomic mass is 35.5. The lowest BCUT2D eigenvalue weighted by atomic mass is 9.89. The van der Waals surface area contributed by atoms with Crippen molar-refractivity contribution in [2.24, 2.45) is 11.1 Å². The lowest BCUT2D eigenvalue weighted by molar-refractivity contribution is 0.140. The van der Waals surface area contributed by atoms with Gasteiger partial charge in [0.2, 0.25) is 0 Å². The maximum atomic E-state index is 6.53. The largest absolute Gasteiger partial charge is 0.489 e. The van der Waals surface area contributed by atoms with E-state index >= 15 is 0 Å². The molecule has 3 rings (SSSR count). The first-order chi connectivity index (χ1) is 9.40. The van der Waals surface area contributed by atoms with Crippen LogP contribution in [0.5, 0.6) is 11.5 Å². The summed E-state index contributed by atoms with van der Waals surface area (Å²) >= 11 is 6.44. The fourth-order valence-electron chi connectivity index (χ4n) is 3.01. The summed E-state index contributed by atoms with van der Waals surface area (Å²) in [6, 6.07) is 3.85. The van der Waals surface area contributed by atoms with E-state index < -0.39 is 0 Å². The Balaban J connectivity index is 1.98. The number of benzene rings is 1. The molecule has 0 saturated heterocycles. The molecule has 0 atom stereocenters. The van der Waals surface area contributed by atoms with Crippen molar-refractivity contribution in [1.82, 2.24) is 0 Å². The van der Waals surface area contributed by atoms with Crippen LogP contribution < -0.4 is 15.2 Å². The SMILES string of the molecule is CC1(C)COc2cc(Cl)c(C3(N)CCCC3)cc2OC1. The predicted molar refractivity (Wildman–Crippen MR) is 80.6 cm³/mol. The maximum Gasteiger partial charge on any atom is 0.162 e. The number of nitrogens with two attached hydrogens (primary N) is 1. The van der Waals surface area contributed by atoms with Crippen molar-refractivity contribution < 1.29 is 9.47 Å². The van der Waals surface area contributed by atoms with Gasteiger partial charge in [-0.15, -0.1) is 0 Å². The quantitative estimate of drug-likeness (QED) is 0.855. The Bertz CT molecular complexity index is 521. The molecule has 1 aromatic carbocycles. The van der Waals surface area contributed by atoms with Crippen LogP contribution in [0.15, 0.2) is 12.1 Å². The van der Waals surface area contributed by atoms with Crippen LogP contribution in [0.2, 0.25) is 5.02 Å². The van der Waals surface area contributed by atoms with Crippen molar-refractivity contribution in [2.75, 3.05) is 13.2 Å². The second-order valence-electron chi connectivity index (χ2n) is 6.88. The third kappa shape index (κ3) is 2.49. The summed E-state index contributed by atoms with van der Waals surface area (Å²) in [5.74, 6) is 1.50. The number of hydrogen-bond acceptors (Lipinski definition) is 3. The zero-order chi connectivity index (χ0) is 14.4. The third-order valence-corrected chi connectivity index (χ3v) is 4.62. The molecule has 2 N–H and O–H groups in total. The molecule has 1 aliphatic heterocycles. The Morgan fingerprint density at radius 1 is 1.05 bits per heavy atom. The van der Waals surface area contributed by atoms with Crippen molar-refractivity contribution in [1.29, 1.82) is 0 Å². The van der Waals surface area contributed by atoms with Crippen molar-refractivity contribution in [3.8, 4) is 11.5 Å². The molecule has 0 spiro atoms. The Labute approximate surface area is 125 Å². The van der Waals surface area contributed by atoms with Gasteiger partial charge in [0.25, 0.3) is 0 Å². The molecule has 1 saturated carbocycles. The minimum absolute atomic E-state index is 0.000576. The number of rotatable bonds is 1. The second kappa shape index (κ2) is 4.81. The number of hydrogen-bond donors (Lipinski definition) is 1. The van der Waals surface area contributed by atoms with E-state index in [0.717, 1.165) is 42.7 Å². The summed E-state index contributed by atoms with van der Waals surface area (Å²) in [5, 5.41) is 0.691. The van der Waals surface area contributed by atoms with Crippen molar-refractivity contribution in [2.45, 2.75) is 45.1 Å². The molecule has 4 heteroatoms. The maximum absolute atomic E-state index is 6.53. The highest BCUT2D eigenvalue weighted by molar-refractivity contribution is 6.31. The normalized spacial score (nSPS) is 23.4. The standard InChI is InChI=1S/C16H22ClNO2/c1-15(2)9-19-13-7-11(16(18)5-3-4-6-16)12(17)8-14(13)20-10-15/h7-8H,3-6,9-10,18H2,1-2H3. The van der Waals surface area contributed by atoms with Gasteiger partial charge in [-0.25, -0.2) is 0 Å². The smallest absolute Gasteiger partial charge is 0.162 e. The van der Waals surface area contributed by atoms with Gasteiger partial charge in [0.05, 0.1) is 13.2 Å². The van der Waals surface area contributed by atoms with Gasteiger partial charge in [0, 0.05) is 22.0 Å². The van der Waals surface area contributed by atoms with Crippen molar-refractivity contribution in [3.63, 3.8) is 0 Å². The molecule has 20 heavy (non-hydrogen) atoms. The lowest BCUT2D eigenvalue weighted by Gasteiger charge is -2.26. The average Bonchev–Trinajstić information content (AvgIpc) is 2.76. The van der Waals surface area contributed by atoms with Gasteiger partial charge in [-0.05, 0) is 24.5 Å². The van der Waals surface area contributed by atoms with Crippen LogP contribution >= 0.6 is 11.6 Å². The summed E-state index contributed by atoms with van der Waals surface area (Å²) in [6.07, 6.45) is 4.29. The molecule has 0 aromatic heterocycles. The molecule has 1 aromatic rings. The molecule has 0 amide bonds. The molecule has 2 aliphatic rings. The highest BCUT2D eigenvalue weighted by Crippen LogP contribution is 2.45. The van der Waals surface area contributed by atoms with Crippen molar-refractivity contribution in [3.05, 3.63) is 22.7 Å². The van der Waals surface area contributed by atoms with Crippen LogP contribution in [-0.4, -0.2) is 13.2 Å². The van der Waals surface area contributed by atoms with Crippen LogP contribution in [-0.2, 0) is 5.54 Å². The average molecular weight is 296 g/mol. The Morgan fingerprint density at radius 2 is 1.60 bits per heavy atom. The first-order valence-corrected chi connectivity index (χ1v) is 7.66. The van der Waals surface area contributed by atoms with Gasteiger partial charge in [0.1, 0.15) is 0 Å². The fourth-order valence-corrected chi connectivity index (χ4v) is 3.35. The van der Waals surface area contributed by atoms with Crippen molar-refractivity contribution >= 4 is 11.6 Å². The topological polar surface area (TPSA) is 44.5 Å². The first kappa shape index (κ1) is 14.0. The fraction of sp³-hybridized carbons (Fsp3) is 0.625. The first-order valence-electron chi connectivity index (χ1n) is 7.28. The van der Waals surface area contributed by atoms with Crippen LogP contribution in [0.1, 0.15) is 45.1 Å². The molecular formula is C16H22ClNO2. The van der Waals surface area contributed by atoms with E-state index in [-0.39, 0.29) is 11.0 Å². The van der Waals surface area contributed by atoms with Crippen LogP contribution in [0.3, 0.4) is 0 Å². The Kier molecular flexibility index (Phi) is 3.38. The molecule has 1 heterocycles. The zero-order valence-electron chi connectivity index (χ0n) is 12.2. The molecule has 0 radical (unpaired) electrons. The van der Waals surface area contributed by atoms with E-state index in [9.17, 15) is 0 Å². The second-order valence-corrected chi connectivity index (χ2v) is 7.29. The molecule has 0 unspecified atom stereocenters. The van der Waals surface area contributed by atoms with E-state index in [2.05, 4.69) is 13.8 Å². The zero-order valence-corrected chi connectivity index (χ0v) is 12.9. The summed E-state index contributed by atoms with van der Waals surface area (Å²) in [4.78, 5) is 0. The van der Waals surface area contributed by atoms with Gasteiger partial charge in [0.15, 0.2) is 11.5 Å². The third-order valence-electron chi connectivity index (χ3n) is 4.30. The monoisotopic (exact) mass is 295 g/mol. The minimum atomic E-state index is -0.308. The highest BCUT2D eigenvalue weighted by Gasteiger charge is 2.35. The molecule has 0 bridgehead atoms. The summed E-state index contributed by atoms with van der Waals surface area (Å²) < 4.78 is 11.8.